The molecule has 0 saturated heterocycles. The van der Waals surface area contributed by atoms with Crippen LogP contribution in [0.1, 0.15) is 0 Å². The molecule has 0 atom stereocenters. The van der Waals surface area contributed by atoms with Gasteiger partial charge in [0.05, 0.1) is 11.1 Å². The third-order valence-electron chi connectivity index (χ3n) is 10.7. The average molecular weight is 678 g/mol. The molecule has 0 amide bonds. The van der Waals surface area contributed by atoms with Gasteiger partial charge in [0, 0.05) is 38.5 Å². The van der Waals surface area contributed by atoms with E-state index >= 15 is 0 Å². The predicted molar refractivity (Wildman–Crippen MR) is 222 cm³/mol. The summed E-state index contributed by atoms with van der Waals surface area (Å²) in [5.41, 5.74) is 11.2. The number of nitrogens with zero attached hydrogens (tertiary/aromatic N) is 1. The molecule has 0 radical (unpaired) electrons. The molecule has 0 aliphatic carbocycles. The first-order valence-electron chi connectivity index (χ1n) is 18.0. The molecule has 53 heavy (non-hydrogen) atoms. The molecule has 0 aliphatic rings. The molecular weight excluding hydrogens is 647 g/mol. The number of benzene rings is 9. The summed E-state index contributed by atoms with van der Waals surface area (Å²) in [7, 11) is 0. The Balaban J connectivity index is 1.13. The summed E-state index contributed by atoms with van der Waals surface area (Å²) in [6.45, 7) is 0. The molecule has 0 spiro atoms. The van der Waals surface area contributed by atoms with E-state index in [0.717, 1.165) is 82.8 Å². The standard InChI is InChI=1S/C50H31NO2/c1-3-16-38-32(11-1)13-8-19-39(38)34-25-28-36(29-26-34)51(45-22-10-24-47-48(45)44-30-27-33-12-2-4-17-40(33)50(44)53-47)37-15-7-14-35(31-37)41-20-9-21-43-42-18-5-6-23-46(42)52-49(41)43/h1-31H. The monoisotopic (exact) mass is 677 g/mol. The molecule has 9 aromatic carbocycles. The number of anilines is 3. The second-order valence-corrected chi connectivity index (χ2v) is 13.7. The summed E-state index contributed by atoms with van der Waals surface area (Å²) in [5, 5.41) is 9.16. The second kappa shape index (κ2) is 11.7. The zero-order valence-corrected chi connectivity index (χ0v) is 28.7. The molecule has 2 heterocycles. The highest BCUT2D eigenvalue weighted by atomic mass is 16.3. The van der Waals surface area contributed by atoms with Crippen LogP contribution in [-0.2, 0) is 0 Å². The highest BCUT2D eigenvalue weighted by molar-refractivity contribution is 6.19. The van der Waals surface area contributed by atoms with Crippen molar-refractivity contribution in [2.24, 2.45) is 0 Å². The number of hydrogen-bond donors (Lipinski definition) is 0. The highest BCUT2D eigenvalue weighted by Gasteiger charge is 2.21. The summed E-state index contributed by atoms with van der Waals surface area (Å²) in [6, 6.07) is 66.7. The number of hydrogen-bond acceptors (Lipinski definition) is 3. The zero-order chi connectivity index (χ0) is 34.9. The smallest absolute Gasteiger partial charge is 0.143 e. The highest BCUT2D eigenvalue weighted by Crippen LogP contribution is 2.46. The van der Waals surface area contributed by atoms with E-state index in [1.807, 2.05) is 12.1 Å². The lowest BCUT2D eigenvalue weighted by molar-refractivity contribution is 0.670. The first-order chi connectivity index (χ1) is 26.3. The topological polar surface area (TPSA) is 29.5 Å². The first-order valence-corrected chi connectivity index (χ1v) is 18.0. The Morgan fingerprint density at radius 2 is 0.981 bits per heavy atom. The Morgan fingerprint density at radius 1 is 0.340 bits per heavy atom. The quantitative estimate of drug-likeness (QED) is 0.182. The van der Waals surface area contributed by atoms with Crippen molar-refractivity contribution < 1.29 is 8.83 Å². The maximum atomic E-state index is 6.68. The molecule has 2 aromatic heterocycles. The van der Waals surface area contributed by atoms with Gasteiger partial charge >= 0.3 is 0 Å². The van der Waals surface area contributed by atoms with Gasteiger partial charge in [-0.25, -0.2) is 0 Å². The van der Waals surface area contributed by atoms with Gasteiger partial charge in [0.2, 0.25) is 0 Å². The normalized spacial score (nSPS) is 11.8. The van der Waals surface area contributed by atoms with E-state index in [9.17, 15) is 0 Å². The molecule has 0 saturated carbocycles. The Kier molecular flexibility index (Phi) is 6.55. The Bertz CT molecular complexity index is 3180. The van der Waals surface area contributed by atoms with Gasteiger partial charge in [-0.2, -0.15) is 0 Å². The van der Waals surface area contributed by atoms with Crippen molar-refractivity contribution in [3.05, 3.63) is 188 Å². The Labute approximate surface area is 305 Å². The molecule has 3 nitrogen and oxygen atoms in total. The molecule has 0 fully saturated rings. The van der Waals surface area contributed by atoms with E-state index in [4.69, 9.17) is 8.83 Å². The summed E-state index contributed by atoms with van der Waals surface area (Å²) >= 11 is 0. The van der Waals surface area contributed by atoms with Gasteiger partial charge < -0.3 is 13.7 Å². The van der Waals surface area contributed by atoms with Gasteiger partial charge in [-0.3, -0.25) is 0 Å². The zero-order valence-electron chi connectivity index (χ0n) is 28.7. The van der Waals surface area contributed by atoms with Crippen LogP contribution in [0.3, 0.4) is 0 Å². The third kappa shape index (κ3) is 4.68. The van der Waals surface area contributed by atoms with Crippen LogP contribution < -0.4 is 4.90 Å². The molecule has 248 valence electrons. The van der Waals surface area contributed by atoms with E-state index in [-0.39, 0.29) is 0 Å². The summed E-state index contributed by atoms with van der Waals surface area (Å²) < 4.78 is 13.2. The molecule has 11 rings (SSSR count). The number of para-hydroxylation sites is 2. The van der Waals surface area contributed by atoms with Crippen LogP contribution in [0.4, 0.5) is 17.1 Å². The van der Waals surface area contributed by atoms with Crippen LogP contribution in [-0.4, -0.2) is 0 Å². The largest absolute Gasteiger partial charge is 0.455 e. The van der Waals surface area contributed by atoms with E-state index in [2.05, 4.69) is 181 Å². The van der Waals surface area contributed by atoms with Crippen LogP contribution in [0.15, 0.2) is 197 Å². The molecule has 0 aliphatic heterocycles. The lowest BCUT2D eigenvalue weighted by Crippen LogP contribution is -2.10. The van der Waals surface area contributed by atoms with Gasteiger partial charge in [-0.15, -0.1) is 0 Å². The predicted octanol–water partition coefficient (Wildman–Crippen LogP) is 14.6. The van der Waals surface area contributed by atoms with Crippen molar-refractivity contribution in [2.75, 3.05) is 4.90 Å². The lowest BCUT2D eigenvalue weighted by atomic mass is 9.97. The van der Waals surface area contributed by atoms with Gasteiger partial charge in [0.15, 0.2) is 0 Å². The molecular formula is C50H31NO2. The molecule has 0 N–H and O–H groups in total. The summed E-state index contributed by atoms with van der Waals surface area (Å²) in [6.07, 6.45) is 0. The van der Waals surface area contributed by atoms with Gasteiger partial charge in [-0.1, -0.05) is 140 Å². The van der Waals surface area contributed by atoms with E-state index < -0.39 is 0 Å². The van der Waals surface area contributed by atoms with Gasteiger partial charge in [-0.05, 0) is 81.4 Å². The molecule has 0 bridgehead atoms. The number of furan rings is 2. The van der Waals surface area contributed by atoms with Gasteiger partial charge in [0.25, 0.3) is 0 Å². The van der Waals surface area contributed by atoms with Crippen LogP contribution in [0.2, 0.25) is 0 Å². The summed E-state index contributed by atoms with van der Waals surface area (Å²) in [5.74, 6) is 0. The van der Waals surface area contributed by atoms with Crippen molar-refractivity contribution in [1.82, 2.24) is 0 Å². The van der Waals surface area contributed by atoms with E-state index in [0.29, 0.717) is 0 Å². The van der Waals surface area contributed by atoms with E-state index in [1.54, 1.807) is 0 Å². The van der Waals surface area contributed by atoms with Gasteiger partial charge in [0.1, 0.15) is 22.3 Å². The minimum Gasteiger partial charge on any atom is -0.455 e. The number of fused-ring (bicyclic) bond motifs is 9. The van der Waals surface area contributed by atoms with Crippen molar-refractivity contribution in [2.45, 2.75) is 0 Å². The fraction of sp³-hybridized carbons (Fsp3) is 0. The fourth-order valence-corrected chi connectivity index (χ4v) is 8.20. The minimum absolute atomic E-state index is 0.856. The molecule has 0 unspecified atom stereocenters. The third-order valence-corrected chi connectivity index (χ3v) is 10.7. The van der Waals surface area contributed by atoms with Crippen LogP contribution in [0.25, 0.3) is 87.7 Å². The Morgan fingerprint density at radius 3 is 1.87 bits per heavy atom. The second-order valence-electron chi connectivity index (χ2n) is 13.7. The minimum atomic E-state index is 0.856. The van der Waals surface area contributed by atoms with Crippen LogP contribution in [0, 0.1) is 0 Å². The van der Waals surface area contributed by atoms with Crippen molar-refractivity contribution in [1.29, 1.82) is 0 Å². The lowest BCUT2D eigenvalue weighted by Gasteiger charge is -2.27. The fourth-order valence-electron chi connectivity index (χ4n) is 8.20. The van der Waals surface area contributed by atoms with Crippen molar-refractivity contribution in [3.8, 4) is 22.3 Å². The molecule has 11 aromatic rings. The van der Waals surface area contributed by atoms with Crippen LogP contribution >= 0.6 is 0 Å². The van der Waals surface area contributed by atoms with Crippen molar-refractivity contribution >= 4 is 82.5 Å². The van der Waals surface area contributed by atoms with E-state index in [1.165, 1.54) is 21.9 Å². The molecule has 3 heteroatoms. The van der Waals surface area contributed by atoms with Crippen LogP contribution in [0.5, 0.6) is 0 Å². The Hall–Kier alpha value is -7.10. The maximum absolute atomic E-state index is 6.68. The first kappa shape index (κ1) is 29.6. The summed E-state index contributed by atoms with van der Waals surface area (Å²) in [4.78, 5) is 2.36. The average Bonchev–Trinajstić information content (AvgIpc) is 3.81. The SMILES string of the molecule is c1cc(-c2cccc3c2oc2ccccc23)cc(N(c2ccc(-c3cccc4ccccc34)cc2)c2cccc3oc4c5ccccc5ccc4c23)c1. The number of rotatable bonds is 5. The van der Waals surface area contributed by atoms with Crippen molar-refractivity contribution in [3.63, 3.8) is 0 Å². The maximum Gasteiger partial charge on any atom is 0.143 e.